The molecular formula is C16H26N2O4. The summed E-state index contributed by atoms with van der Waals surface area (Å²) in [5.41, 5.74) is 0.116. The van der Waals surface area contributed by atoms with Crippen molar-refractivity contribution >= 4 is 5.97 Å². The zero-order valence-corrected chi connectivity index (χ0v) is 13.7. The summed E-state index contributed by atoms with van der Waals surface area (Å²) >= 11 is 0. The quantitative estimate of drug-likeness (QED) is 0.768. The molecule has 124 valence electrons. The maximum atomic E-state index is 11.7. The number of carbonyl (C=O) groups is 1. The van der Waals surface area contributed by atoms with Gasteiger partial charge in [-0.15, -0.1) is 0 Å². The smallest absolute Gasteiger partial charge is 0.326 e. The van der Waals surface area contributed by atoms with Crippen LogP contribution in [-0.2, 0) is 11.3 Å². The second kappa shape index (κ2) is 7.98. The van der Waals surface area contributed by atoms with Crippen LogP contribution in [0, 0.1) is 5.92 Å². The fourth-order valence-corrected chi connectivity index (χ4v) is 2.47. The van der Waals surface area contributed by atoms with Crippen molar-refractivity contribution in [2.45, 2.75) is 46.2 Å². The SMILES string of the molecule is CCCCN(C)Cc1cc(=O)c(O)cn1C(C(=O)O)C(C)C. The van der Waals surface area contributed by atoms with Gasteiger partial charge in [0.15, 0.2) is 5.75 Å². The van der Waals surface area contributed by atoms with Gasteiger partial charge >= 0.3 is 5.97 Å². The summed E-state index contributed by atoms with van der Waals surface area (Å²) in [5, 5.41) is 19.1. The van der Waals surface area contributed by atoms with Crippen LogP contribution in [0.25, 0.3) is 0 Å². The topological polar surface area (TPSA) is 82.8 Å². The molecule has 1 aromatic rings. The molecule has 0 bridgehead atoms. The lowest BCUT2D eigenvalue weighted by molar-refractivity contribution is -0.142. The first-order chi connectivity index (χ1) is 10.3. The molecule has 1 heterocycles. The zero-order valence-electron chi connectivity index (χ0n) is 13.7. The predicted octanol–water partition coefficient (Wildman–Crippen LogP) is 2.07. The van der Waals surface area contributed by atoms with Gasteiger partial charge in [0.1, 0.15) is 6.04 Å². The first-order valence-corrected chi connectivity index (χ1v) is 7.63. The van der Waals surface area contributed by atoms with E-state index in [0.29, 0.717) is 12.2 Å². The summed E-state index contributed by atoms with van der Waals surface area (Å²) < 4.78 is 1.51. The van der Waals surface area contributed by atoms with Crippen molar-refractivity contribution in [1.29, 1.82) is 0 Å². The average Bonchev–Trinajstić information content (AvgIpc) is 2.41. The Balaban J connectivity index is 3.22. The number of nitrogens with zero attached hydrogens (tertiary/aromatic N) is 2. The molecule has 6 nitrogen and oxygen atoms in total. The monoisotopic (exact) mass is 310 g/mol. The van der Waals surface area contributed by atoms with Crippen LogP contribution in [0.15, 0.2) is 17.1 Å². The van der Waals surface area contributed by atoms with E-state index < -0.39 is 23.2 Å². The van der Waals surface area contributed by atoms with Gasteiger partial charge in [-0.3, -0.25) is 4.79 Å². The molecule has 22 heavy (non-hydrogen) atoms. The summed E-state index contributed by atoms with van der Waals surface area (Å²) in [4.78, 5) is 25.3. The van der Waals surface area contributed by atoms with Gasteiger partial charge in [0.25, 0.3) is 0 Å². The summed E-state index contributed by atoms with van der Waals surface area (Å²) in [5.74, 6) is -1.57. The van der Waals surface area contributed by atoms with Crippen LogP contribution in [0.4, 0.5) is 0 Å². The van der Waals surface area contributed by atoms with Gasteiger partial charge in [0, 0.05) is 18.3 Å². The Morgan fingerprint density at radius 2 is 2.05 bits per heavy atom. The van der Waals surface area contributed by atoms with E-state index >= 15 is 0 Å². The van der Waals surface area contributed by atoms with Crippen molar-refractivity contribution in [3.63, 3.8) is 0 Å². The third-order valence-corrected chi connectivity index (χ3v) is 3.65. The van der Waals surface area contributed by atoms with Gasteiger partial charge in [0.05, 0.1) is 6.20 Å². The van der Waals surface area contributed by atoms with Gasteiger partial charge < -0.3 is 19.7 Å². The standard InChI is InChI=1S/C16H26N2O4/c1-5-6-7-17(4)9-12-8-13(19)14(20)10-18(12)15(11(2)3)16(21)22/h8,10-11,15,20H,5-7,9H2,1-4H3,(H,21,22). The van der Waals surface area contributed by atoms with Crippen LogP contribution in [0.3, 0.4) is 0 Å². The number of hydrogen-bond donors (Lipinski definition) is 2. The molecule has 0 radical (unpaired) electrons. The molecule has 0 aromatic carbocycles. The Morgan fingerprint density at radius 3 is 2.55 bits per heavy atom. The lowest BCUT2D eigenvalue weighted by Gasteiger charge is -2.26. The summed E-state index contributed by atoms with van der Waals surface area (Å²) in [7, 11) is 1.93. The van der Waals surface area contributed by atoms with Crippen LogP contribution in [0.2, 0.25) is 0 Å². The number of carboxylic acid groups (broad SMARTS) is 1. The van der Waals surface area contributed by atoms with Crippen LogP contribution >= 0.6 is 0 Å². The van der Waals surface area contributed by atoms with Crippen molar-refractivity contribution in [3.05, 3.63) is 28.2 Å². The minimum Gasteiger partial charge on any atom is -0.503 e. The van der Waals surface area contributed by atoms with E-state index in [1.165, 1.54) is 16.8 Å². The molecule has 0 spiro atoms. The Labute approximate surface area is 131 Å². The molecule has 0 amide bonds. The third kappa shape index (κ3) is 4.59. The summed E-state index contributed by atoms with van der Waals surface area (Å²) in [6.45, 7) is 7.04. The van der Waals surface area contributed by atoms with Crippen LogP contribution in [0.1, 0.15) is 45.3 Å². The van der Waals surface area contributed by atoms with E-state index in [9.17, 15) is 19.8 Å². The molecule has 6 heteroatoms. The third-order valence-electron chi connectivity index (χ3n) is 3.65. The van der Waals surface area contributed by atoms with Crippen molar-refractivity contribution in [2.75, 3.05) is 13.6 Å². The number of aromatic hydroxyl groups is 1. The molecule has 0 saturated heterocycles. The van der Waals surface area contributed by atoms with E-state index in [0.717, 1.165) is 19.4 Å². The fourth-order valence-electron chi connectivity index (χ4n) is 2.47. The predicted molar refractivity (Wildman–Crippen MR) is 85.1 cm³/mol. The van der Waals surface area contributed by atoms with Crippen LogP contribution < -0.4 is 5.43 Å². The number of carboxylic acids is 1. The second-order valence-electron chi connectivity index (χ2n) is 6.04. The molecule has 0 fully saturated rings. The van der Waals surface area contributed by atoms with Crippen molar-refractivity contribution < 1.29 is 15.0 Å². The highest BCUT2D eigenvalue weighted by Gasteiger charge is 2.25. The van der Waals surface area contributed by atoms with Gasteiger partial charge in [0.2, 0.25) is 5.43 Å². The largest absolute Gasteiger partial charge is 0.503 e. The minimum absolute atomic E-state index is 0.168. The van der Waals surface area contributed by atoms with Gasteiger partial charge in [-0.05, 0) is 25.9 Å². The minimum atomic E-state index is -0.976. The molecule has 0 aliphatic carbocycles. The zero-order chi connectivity index (χ0) is 16.9. The van der Waals surface area contributed by atoms with E-state index in [2.05, 4.69) is 6.92 Å². The van der Waals surface area contributed by atoms with Gasteiger partial charge in [-0.1, -0.05) is 27.2 Å². The molecule has 1 atom stereocenters. The van der Waals surface area contributed by atoms with Crippen molar-refractivity contribution in [3.8, 4) is 5.75 Å². The van der Waals surface area contributed by atoms with Crippen molar-refractivity contribution in [2.24, 2.45) is 5.92 Å². The number of rotatable bonds is 8. The Kier molecular flexibility index (Phi) is 6.61. The molecule has 1 aromatic heterocycles. The number of unbranched alkanes of at least 4 members (excludes halogenated alkanes) is 1. The number of pyridine rings is 1. The fraction of sp³-hybridized carbons (Fsp3) is 0.625. The molecule has 1 rings (SSSR count). The Morgan fingerprint density at radius 1 is 1.41 bits per heavy atom. The molecule has 0 saturated carbocycles. The number of aromatic nitrogens is 1. The number of aliphatic carboxylic acids is 1. The molecule has 0 aliphatic rings. The molecular weight excluding hydrogens is 284 g/mol. The molecule has 1 unspecified atom stereocenters. The Bertz CT molecular complexity index is 566. The molecule has 0 aliphatic heterocycles. The van der Waals surface area contributed by atoms with Gasteiger partial charge in [-0.25, -0.2) is 4.79 Å². The van der Waals surface area contributed by atoms with E-state index in [1.807, 2.05) is 11.9 Å². The van der Waals surface area contributed by atoms with E-state index in [-0.39, 0.29) is 5.92 Å². The normalized spacial score (nSPS) is 12.8. The summed E-state index contributed by atoms with van der Waals surface area (Å²) in [6, 6.07) is 0.511. The first-order valence-electron chi connectivity index (χ1n) is 7.63. The van der Waals surface area contributed by atoms with Crippen LogP contribution in [-0.4, -0.2) is 39.2 Å². The average molecular weight is 310 g/mol. The second-order valence-corrected chi connectivity index (χ2v) is 6.04. The maximum Gasteiger partial charge on any atom is 0.326 e. The lowest BCUT2D eigenvalue weighted by atomic mass is 10.0. The maximum absolute atomic E-state index is 11.7. The first kappa shape index (κ1) is 18.2. The summed E-state index contributed by atoms with van der Waals surface area (Å²) in [6.07, 6.45) is 3.34. The van der Waals surface area contributed by atoms with Crippen molar-refractivity contribution in [1.82, 2.24) is 9.47 Å². The lowest BCUT2D eigenvalue weighted by Crippen LogP contribution is -2.30. The highest BCUT2D eigenvalue weighted by Crippen LogP contribution is 2.22. The van der Waals surface area contributed by atoms with E-state index in [1.54, 1.807) is 13.8 Å². The highest BCUT2D eigenvalue weighted by atomic mass is 16.4. The van der Waals surface area contributed by atoms with Gasteiger partial charge in [-0.2, -0.15) is 0 Å². The Hall–Kier alpha value is -1.82. The molecule has 2 N–H and O–H groups in total. The van der Waals surface area contributed by atoms with E-state index in [4.69, 9.17) is 0 Å². The van der Waals surface area contributed by atoms with Crippen LogP contribution in [0.5, 0.6) is 5.75 Å². The highest BCUT2D eigenvalue weighted by molar-refractivity contribution is 5.72. The number of hydrogen-bond acceptors (Lipinski definition) is 4.